The summed E-state index contributed by atoms with van der Waals surface area (Å²) in [5, 5.41) is 0. The lowest BCUT2D eigenvalue weighted by Gasteiger charge is -2.12. The van der Waals surface area contributed by atoms with Crippen LogP contribution in [0.3, 0.4) is 0 Å². The Hall–Kier alpha value is -1.08. The highest BCUT2D eigenvalue weighted by atomic mass is 14.6. The van der Waals surface area contributed by atoms with Crippen LogP contribution >= 0.6 is 0 Å². The highest BCUT2D eigenvalue weighted by Crippen LogP contribution is 2.18. The van der Waals surface area contributed by atoms with Crippen LogP contribution in [-0.2, 0) is 0 Å². The summed E-state index contributed by atoms with van der Waals surface area (Å²) in [4.78, 5) is 0. The van der Waals surface area contributed by atoms with E-state index in [2.05, 4.69) is 38.6 Å². The van der Waals surface area contributed by atoms with Gasteiger partial charge in [0.2, 0.25) is 0 Å². The molecule has 14 heavy (non-hydrogen) atoms. The molecule has 76 valence electrons. The molecule has 1 unspecified atom stereocenters. The predicted octanol–water partition coefficient (Wildman–Crippen LogP) is 3.27. The predicted molar refractivity (Wildman–Crippen MR) is 62.3 cm³/mol. The fourth-order valence-corrected chi connectivity index (χ4v) is 1.46. The zero-order valence-electron chi connectivity index (χ0n) is 9.09. The maximum absolute atomic E-state index is 6.05. The second-order valence-corrected chi connectivity index (χ2v) is 3.82. The van der Waals surface area contributed by atoms with Gasteiger partial charge in [-0.15, -0.1) is 6.58 Å². The summed E-state index contributed by atoms with van der Waals surface area (Å²) in [7, 11) is 0. The van der Waals surface area contributed by atoms with Crippen LogP contribution in [0.15, 0.2) is 30.9 Å². The number of hydrogen-bond acceptors (Lipinski definition) is 1. The van der Waals surface area contributed by atoms with E-state index in [9.17, 15) is 0 Å². The third-order valence-corrected chi connectivity index (χ3v) is 2.64. The first-order chi connectivity index (χ1) is 6.65. The second kappa shape index (κ2) is 4.97. The van der Waals surface area contributed by atoms with Crippen molar-refractivity contribution in [3.63, 3.8) is 0 Å². The van der Waals surface area contributed by atoms with Gasteiger partial charge in [-0.3, -0.25) is 0 Å². The molecule has 1 rings (SSSR count). The van der Waals surface area contributed by atoms with Gasteiger partial charge in [0.1, 0.15) is 0 Å². The van der Waals surface area contributed by atoms with E-state index < -0.39 is 0 Å². The average Bonchev–Trinajstić information content (AvgIpc) is 2.18. The molecule has 1 nitrogen and oxygen atoms in total. The summed E-state index contributed by atoms with van der Waals surface area (Å²) in [6.45, 7) is 7.95. The Labute approximate surface area is 86.6 Å². The number of nitrogens with two attached hydrogens (primary N) is 1. The van der Waals surface area contributed by atoms with Crippen molar-refractivity contribution in [2.24, 2.45) is 5.73 Å². The van der Waals surface area contributed by atoms with Crippen molar-refractivity contribution in [3.8, 4) is 0 Å². The van der Waals surface area contributed by atoms with E-state index in [0.717, 1.165) is 12.8 Å². The minimum Gasteiger partial charge on any atom is -0.324 e. The molecule has 0 saturated heterocycles. The molecule has 1 heteroatoms. The minimum absolute atomic E-state index is 0.146. The van der Waals surface area contributed by atoms with Crippen LogP contribution < -0.4 is 5.73 Å². The van der Waals surface area contributed by atoms with E-state index in [0.29, 0.717) is 0 Å². The molecule has 0 fully saturated rings. The fraction of sp³-hybridized carbons (Fsp3) is 0.385. The van der Waals surface area contributed by atoms with Gasteiger partial charge in [0.05, 0.1) is 0 Å². The molecule has 0 aliphatic heterocycles. The maximum atomic E-state index is 6.05. The van der Waals surface area contributed by atoms with Crippen LogP contribution in [0.4, 0.5) is 0 Å². The Morgan fingerprint density at radius 2 is 2.07 bits per heavy atom. The van der Waals surface area contributed by atoms with Gasteiger partial charge in [0, 0.05) is 6.04 Å². The SMILES string of the molecule is C=CCCC(N)c1ccc(C)c(C)c1. The van der Waals surface area contributed by atoms with Crippen LogP contribution in [0, 0.1) is 13.8 Å². The van der Waals surface area contributed by atoms with Gasteiger partial charge in [-0.2, -0.15) is 0 Å². The van der Waals surface area contributed by atoms with Gasteiger partial charge in [0.15, 0.2) is 0 Å². The van der Waals surface area contributed by atoms with Gasteiger partial charge < -0.3 is 5.73 Å². The van der Waals surface area contributed by atoms with Gasteiger partial charge in [-0.05, 0) is 43.4 Å². The summed E-state index contributed by atoms with van der Waals surface area (Å²) in [5.41, 5.74) is 9.92. The molecule has 2 N–H and O–H groups in total. The first-order valence-corrected chi connectivity index (χ1v) is 5.08. The van der Waals surface area contributed by atoms with Crippen molar-refractivity contribution in [1.82, 2.24) is 0 Å². The standard InChI is InChI=1S/C13H19N/c1-4-5-6-13(14)12-8-7-10(2)11(3)9-12/h4,7-9,13H,1,5-6,14H2,2-3H3. The quantitative estimate of drug-likeness (QED) is 0.723. The molecule has 0 heterocycles. The average molecular weight is 189 g/mol. The van der Waals surface area contributed by atoms with Gasteiger partial charge in [0.25, 0.3) is 0 Å². The van der Waals surface area contributed by atoms with Gasteiger partial charge >= 0.3 is 0 Å². The Morgan fingerprint density at radius 3 is 2.64 bits per heavy atom. The number of aryl methyl sites for hydroxylation is 2. The highest BCUT2D eigenvalue weighted by Gasteiger charge is 2.05. The fourth-order valence-electron chi connectivity index (χ4n) is 1.46. The van der Waals surface area contributed by atoms with Gasteiger partial charge in [-0.25, -0.2) is 0 Å². The molecule has 0 aliphatic rings. The molecule has 1 atom stereocenters. The van der Waals surface area contributed by atoms with Gasteiger partial charge in [-0.1, -0.05) is 24.3 Å². The lowest BCUT2D eigenvalue weighted by molar-refractivity contribution is 0.661. The van der Waals surface area contributed by atoms with Crippen LogP contribution in [0.2, 0.25) is 0 Å². The molecule has 0 amide bonds. The van der Waals surface area contributed by atoms with Crippen LogP contribution in [0.5, 0.6) is 0 Å². The molecule has 0 saturated carbocycles. The number of hydrogen-bond donors (Lipinski definition) is 1. The minimum atomic E-state index is 0.146. The van der Waals surface area contributed by atoms with Crippen molar-refractivity contribution < 1.29 is 0 Å². The van der Waals surface area contributed by atoms with E-state index in [-0.39, 0.29) is 6.04 Å². The third-order valence-electron chi connectivity index (χ3n) is 2.64. The Morgan fingerprint density at radius 1 is 1.36 bits per heavy atom. The lowest BCUT2D eigenvalue weighted by atomic mass is 9.99. The number of benzene rings is 1. The summed E-state index contributed by atoms with van der Waals surface area (Å²) >= 11 is 0. The van der Waals surface area contributed by atoms with Crippen molar-refractivity contribution in [2.75, 3.05) is 0 Å². The van der Waals surface area contributed by atoms with E-state index in [4.69, 9.17) is 5.73 Å². The lowest BCUT2D eigenvalue weighted by Crippen LogP contribution is -2.10. The molecular formula is C13H19N. The molecule has 0 radical (unpaired) electrons. The summed E-state index contributed by atoms with van der Waals surface area (Å²) in [6, 6.07) is 6.59. The smallest absolute Gasteiger partial charge is 0.0297 e. The van der Waals surface area contributed by atoms with E-state index in [1.54, 1.807) is 0 Å². The topological polar surface area (TPSA) is 26.0 Å². The normalized spacial score (nSPS) is 12.5. The summed E-state index contributed by atoms with van der Waals surface area (Å²) in [5.74, 6) is 0. The molecule has 1 aromatic carbocycles. The third kappa shape index (κ3) is 2.71. The van der Waals surface area contributed by atoms with Crippen molar-refractivity contribution in [1.29, 1.82) is 0 Å². The Kier molecular flexibility index (Phi) is 3.90. The van der Waals surface area contributed by atoms with E-state index >= 15 is 0 Å². The molecule has 0 spiro atoms. The van der Waals surface area contributed by atoms with Crippen LogP contribution in [0.25, 0.3) is 0 Å². The van der Waals surface area contributed by atoms with Crippen LogP contribution in [-0.4, -0.2) is 0 Å². The maximum Gasteiger partial charge on any atom is 0.0297 e. The van der Waals surface area contributed by atoms with Crippen molar-refractivity contribution in [2.45, 2.75) is 32.7 Å². The van der Waals surface area contributed by atoms with Crippen molar-refractivity contribution >= 4 is 0 Å². The molecule has 0 aromatic heterocycles. The summed E-state index contributed by atoms with van der Waals surface area (Å²) < 4.78 is 0. The van der Waals surface area contributed by atoms with Crippen LogP contribution in [0.1, 0.15) is 35.6 Å². The first-order valence-electron chi connectivity index (χ1n) is 5.08. The number of allylic oxidation sites excluding steroid dienone is 1. The first kappa shape index (κ1) is 11.0. The highest BCUT2D eigenvalue weighted by molar-refractivity contribution is 5.31. The second-order valence-electron chi connectivity index (χ2n) is 3.82. The molecule has 0 bridgehead atoms. The zero-order chi connectivity index (χ0) is 10.6. The largest absolute Gasteiger partial charge is 0.324 e. The van der Waals surface area contributed by atoms with Crippen molar-refractivity contribution in [3.05, 3.63) is 47.5 Å². The molecule has 1 aromatic rings. The molecule has 0 aliphatic carbocycles. The Balaban J connectivity index is 2.75. The monoisotopic (exact) mass is 189 g/mol. The number of rotatable bonds is 4. The summed E-state index contributed by atoms with van der Waals surface area (Å²) in [6.07, 6.45) is 3.88. The van der Waals surface area contributed by atoms with E-state index in [1.165, 1.54) is 16.7 Å². The van der Waals surface area contributed by atoms with E-state index in [1.807, 2.05) is 6.08 Å². The Bertz CT molecular complexity index is 315. The molecular weight excluding hydrogens is 170 g/mol. The zero-order valence-corrected chi connectivity index (χ0v) is 9.09.